The van der Waals surface area contributed by atoms with Crippen LogP contribution in [-0.2, 0) is 6.54 Å². The van der Waals surface area contributed by atoms with Crippen LogP contribution in [0.5, 0.6) is 5.75 Å². The highest BCUT2D eigenvalue weighted by Crippen LogP contribution is 2.24. The van der Waals surface area contributed by atoms with Crippen molar-refractivity contribution in [2.45, 2.75) is 13.5 Å². The van der Waals surface area contributed by atoms with Crippen LogP contribution in [0, 0.1) is 6.92 Å². The summed E-state index contributed by atoms with van der Waals surface area (Å²) in [5, 5.41) is 8.05. The van der Waals surface area contributed by atoms with Crippen LogP contribution in [0.2, 0.25) is 0 Å². The molecule has 0 atom stereocenters. The third-order valence-electron chi connectivity index (χ3n) is 3.69. The lowest BCUT2D eigenvalue weighted by molar-refractivity contribution is 0.0780. The number of carbonyl (C=O) groups is 1. The van der Waals surface area contributed by atoms with Crippen molar-refractivity contribution in [2.75, 3.05) is 14.2 Å². The molecule has 124 valence electrons. The molecule has 0 aliphatic heterocycles. The van der Waals surface area contributed by atoms with Crippen LogP contribution in [0.15, 0.2) is 41.4 Å². The molecule has 0 radical (unpaired) electrons. The van der Waals surface area contributed by atoms with Crippen molar-refractivity contribution in [1.29, 1.82) is 0 Å². The fourth-order valence-electron chi connectivity index (χ4n) is 2.42. The molecule has 3 aromatic rings. The van der Waals surface area contributed by atoms with Crippen LogP contribution >= 0.6 is 0 Å². The van der Waals surface area contributed by atoms with E-state index in [2.05, 4.69) is 19.8 Å². The Bertz CT molecular complexity index is 841. The van der Waals surface area contributed by atoms with E-state index in [1.54, 1.807) is 25.0 Å². The van der Waals surface area contributed by atoms with Gasteiger partial charge in [0.2, 0.25) is 6.39 Å². The standard InChI is InChI=1S/C16H17N5O3/c1-11-12(16(22)20(2)9-15-17-10-24-19-15)8-18-21(11)13-6-4-5-7-14(13)23-3/h4-8,10H,9H2,1-3H3. The minimum Gasteiger partial charge on any atom is -0.494 e. The first-order valence-corrected chi connectivity index (χ1v) is 7.30. The van der Waals surface area contributed by atoms with Crippen molar-refractivity contribution in [2.24, 2.45) is 0 Å². The van der Waals surface area contributed by atoms with E-state index >= 15 is 0 Å². The first kappa shape index (κ1) is 15.7. The highest BCUT2D eigenvalue weighted by molar-refractivity contribution is 5.95. The Morgan fingerprint density at radius 1 is 1.38 bits per heavy atom. The second-order valence-electron chi connectivity index (χ2n) is 5.24. The van der Waals surface area contributed by atoms with Gasteiger partial charge in [-0.1, -0.05) is 17.3 Å². The molecule has 0 saturated heterocycles. The number of carbonyl (C=O) groups excluding carboxylic acids is 1. The van der Waals surface area contributed by atoms with Gasteiger partial charge in [-0.15, -0.1) is 0 Å². The van der Waals surface area contributed by atoms with Gasteiger partial charge in [0, 0.05) is 7.05 Å². The van der Waals surface area contributed by atoms with Gasteiger partial charge >= 0.3 is 0 Å². The Labute approximate surface area is 138 Å². The zero-order valence-corrected chi connectivity index (χ0v) is 13.6. The second kappa shape index (κ2) is 6.53. The van der Waals surface area contributed by atoms with Crippen molar-refractivity contribution in [3.8, 4) is 11.4 Å². The number of ether oxygens (including phenoxy) is 1. The molecule has 2 heterocycles. The van der Waals surface area contributed by atoms with Gasteiger partial charge in [-0.3, -0.25) is 4.79 Å². The maximum absolute atomic E-state index is 12.6. The maximum Gasteiger partial charge on any atom is 0.257 e. The second-order valence-corrected chi connectivity index (χ2v) is 5.24. The number of benzene rings is 1. The number of nitrogens with zero attached hydrogens (tertiary/aromatic N) is 5. The van der Waals surface area contributed by atoms with Crippen LogP contribution in [0.3, 0.4) is 0 Å². The third-order valence-corrected chi connectivity index (χ3v) is 3.69. The predicted octanol–water partition coefficient (Wildman–Crippen LogP) is 1.84. The van der Waals surface area contributed by atoms with Crippen LogP contribution < -0.4 is 4.74 Å². The minimum absolute atomic E-state index is 0.168. The molecule has 0 bridgehead atoms. The average molecular weight is 327 g/mol. The molecule has 0 aliphatic carbocycles. The summed E-state index contributed by atoms with van der Waals surface area (Å²) in [4.78, 5) is 18.1. The highest BCUT2D eigenvalue weighted by Gasteiger charge is 2.20. The largest absolute Gasteiger partial charge is 0.494 e. The number of hydrogen-bond acceptors (Lipinski definition) is 6. The number of para-hydroxylation sites is 2. The number of methoxy groups -OCH3 is 1. The van der Waals surface area contributed by atoms with Gasteiger partial charge < -0.3 is 14.2 Å². The summed E-state index contributed by atoms with van der Waals surface area (Å²) in [6, 6.07) is 7.51. The van der Waals surface area contributed by atoms with Crippen molar-refractivity contribution >= 4 is 5.91 Å². The van der Waals surface area contributed by atoms with Crippen molar-refractivity contribution < 1.29 is 14.1 Å². The van der Waals surface area contributed by atoms with E-state index in [0.717, 1.165) is 11.4 Å². The average Bonchev–Trinajstić information content (AvgIpc) is 3.23. The monoisotopic (exact) mass is 327 g/mol. The molecule has 0 N–H and O–H groups in total. The van der Waals surface area contributed by atoms with Gasteiger partial charge in [0.15, 0.2) is 5.82 Å². The molecule has 0 spiro atoms. The molecule has 8 heteroatoms. The van der Waals surface area contributed by atoms with E-state index in [1.807, 2.05) is 31.2 Å². The Hall–Kier alpha value is -3.16. The van der Waals surface area contributed by atoms with Crippen LogP contribution in [0.25, 0.3) is 5.69 Å². The summed E-state index contributed by atoms with van der Waals surface area (Å²) in [6.07, 6.45) is 2.79. The molecule has 0 saturated carbocycles. The Morgan fingerprint density at radius 3 is 2.88 bits per heavy atom. The third kappa shape index (κ3) is 2.85. The summed E-state index contributed by atoms with van der Waals surface area (Å²) < 4.78 is 11.7. The lowest BCUT2D eigenvalue weighted by Gasteiger charge is -2.15. The quantitative estimate of drug-likeness (QED) is 0.711. The van der Waals surface area contributed by atoms with Crippen LogP contribution in [0.4, 0.5) is 0 Å². The van der Waals surface area contributed by atoms with Gasteiger partial charge in [-0.2, -0.15) is 10.1 Å². The SMILES string of the molecule is COc1ccccc1-n1ncc(C(=O)N(C)Cc2ncon2)c1C. The van der Waals surface area contributed by atoms with Gasteiger partial charge in [0.05, 0.1) is 31.1 Å². The molecule has 3 rings (SSSR count). The van der Waals surface area contributed by atoms with Gasteiger partial charge in [0.1, 0.15) is 11.4 Å². The van der Waals surface area contributed by atoms with Gasteiger partial charge in [-0.25, -0.2) is 4.68 Å². The Kier molecular flexibility index (Phi) is 4.28. The molecule has 0 unspecified atom stereocenters. The number of amides is 1. The Balaban J connectivity index is 1.88. The van der Waals surface area contributed by atoms with E-state index in [4.69, 9.17) is 4.74 Å². The van der Waals surface area contributed by atoms with E-state index in [0.29, 0.717) is 17.1 Å². The molecule has 8 nitrogen and oxygen atoms in total. The smallest absolute Gasteiger partial charge is 0.257 e. The van der Waals surface area contributed by atoms with Crippen molar-refractivity contribution in [3.05, 3.63) is 53.9 Å². The summed E-state index contributed by atoms with van der Waals surface area (Å²) in [7, 11) is 3.28. The van der Waals surface area contributed by atoms with Crippen LogP contribution in [0.1, 0.15) is 21.9 Å². The summed E-state index contributed by atoms with van der Waals surface area (Å²) in [6.45, 7) is 2.10. The zero-order valence-electron chi connectivity index (χ0n) is 13.6. The minimum atomic E-state index is -0.168. The lowest BCUT2D eigenvalue weighted by atomic mass is 10.2. The molecular formula is C16H17N5O3. The number of aromatic nitrogens is 4. The number of rotatable bonds is 5. The molecule has 1 amide bonds. The van der Waals surface area contributed by atoms with E-state index in [9.17, 15) is 4.79 Å². The molecule has 0 fully saturated rings. The first-order chi connectivity index (χ1) is 11.6. The Morgan fingerprint density at radius 2 is 2.17 bits per heavy atom. The van der Waals surface area contributed by atoms with Gasteiger partial charge in [-0.05, 0) is 19.1 Å². The molecule has 2 aromatic heterocycles. The summed E-state index contributed by atoms with van der Waals surface area (Å²) in [5.41, 5.74) is 2.01. The maximum atomic E-state index is 12.6. The molecule has 0 aliphatic rings. The highest BCUT2D eigenvalue weighted by atomic mass is 16.5. The van der Waals surface area contributed by atoms with Gasteiger partial charge in [0.25, 0.3) is 5.91 Å². The normalized spacial score (nSPS) is 10.6. The summed E-state index contributed by atoms with van der Waals surface area (Å²) >= 11 is 0. The van der Waals surface area contributed by atoms with E-state index in [1.165, 1.54) is 11.3 Å². The fraction of sp³-hybridized carbons (Fsp3) is 0.250. The van der Waals surface area contributed by atoms with Crippen molar-refractivity contribution in [3.63, 3.8) is 0 Å². The molecule has 1 aromatic carbocycles. The van der Waals surface area contributed by atoms with Crippen LogP contribution in [-0.4, -0.2) is 44.9 Å². The number of hydrogen-bond donors (Lipinski definition) is 0. The molecule has 24 heavy (non-hydrogen) atoms. The van der Waals surface area contributed by atoms with Crippen molar-refractivity contribution in [1.82, 2.24) is 24.8 Å². The fourth-order valence-corrected chi connectivity index (χ4v) is 2.42. The first-order valence-electron chi connectivity index (χ1n) is 7.30. The van der Waals surface area contributed by atoms with E-state index < -0.39 is 0 Å². The molecular weight excluding hydrogens is 310 g/mol. The lowest BCUT2D eigenvalue weighted by Crippen LogP contribution is -2.27. The zero-order chi connectivity index (χ0) is 17.1. The topological polar surface area (TPSA) is 86.3 Å². The summed E-state index contributed by atoms with van der Waals surface area (Å²) in [5.74, 6) is 0.960. The van der Waals surface area contributed by atoms with E-state index in [-0.39, 0.29) is 12.5 Å². The predicted molar refractivity (Wildman–Crippen MR) is 84.9 cm³/mol.